The van der Waals surface area contributed by atoms with E-state index in [4.69, 9.17) is 37.0 Å². The van der Waals surface area contributed by atoms with E-state index in [9.17, 15) is 43.2 Å². The standard InChI is InChI=1S/C77H150O17P2/c1-5-9-13-17-21-25-29-32-35-38-41-44-48-52-56-60-64-77(82)94-73(68-88-75(80)62-58-54-50-46-42-39-36-33-30-26-22-18-14-10-6-2)70-92-96(85,86)90-66-71(78)65-89-95(83,84)91-69-72(67-87-74(79)61-57-53-49-45-28-24-20-16-12-8-4)93-76(81)63-59-55-51-47-43-40-37-34-31-27-23-19-15-11-7-3/h71-73,78H,5-70H2,1-4H3,(H,83,84)(H,85,86)/t71-,72+,73+/m0/s1. The minimum atomic E-state index is -4.96. The van der Waals surface area contributed by atoms with Crippen LogP contribution in [0.5, 0.6) is 0 Å². The molecule has 0 radical (unpaired) electrons. The van der Waals surface area contributed by atoms with Crippen LogP contribution < -0.4 is 0 Å². The second-order valence-corrected chi connectivity index (χ2v) is 30.7. The smallest absolute Gasteiger partial charge is 0.462 e. The molecule has 0 saturated heterocycles. The van der Waals surface area contributed by atoms with Crippen molar-refractivity contribution in [1.82, 2.24) is 0 Å². The summed E-state index contributed by atoms with van der Waals surface area (Å²) in [5, 5.41) is 10.6. The normalized spacial score (nSPS) is 13.9. The number of carbonyl (C=O) groups excluding carboxylic acids is 4. The van der Waals surface area contributed by atoms with E-state index in [-0.39, 0.29) is 25.7 Å². The molecular weight excluding hydrogens is 1260 g/mol. The van der Waals surface area contributed by atoms with Crippen LogP contribution >= 0.6 is 15.6 Å². The summed E-state index contributed by atoms with van der Waals surface area (Å²) in [5.74, 6) is -2.11. The zero-order chi connectivity index (χ0) is 70.4. The molecule has 0 rings (SSSR count). The van der Waals surface area contributed by atoms with Crippen LogP contribution in [-0.4, -0.2) is 96.7 Å². The molecule has 0 heterocycles. The van der Waals surface area contributed by atoms with Crippen molar-refractivity contribution in [2.24, 2.45) is 0 Å². The maximum absolute atomic E-state index is 13.1. The van der Waals surface area contributed by atoms with Gasteiger partial charge < -0.3 is 33.8 Å². The van der Waals surface area contributed by atoms with Crippen molar-refractivity contribution in [3.05, 3.63) is 0 Å². The quantitative estimate of drug-likeness (QED) is 0.0222. The number of rotatable bonds is 78. The van der Waals surface area contributed by atoms with Gasteiger partial charge in [-0.3, -0.25) is 37.3 Å². The molecule has 19 heteroatoms. The highest BCUT2D eigenvalue weighted by molar-refractivity contribution is 7.47. The van der Waals surface area contributed by atoms with Crippen molar-refractivity contribution >= 4 is 39.5 Å². The van der Waals surface area contributed by atoms with E-state index in [1.54, 1.807) is 0 Å². The van der Waals surface area contributed by atoms with Crippen LogP contribution in [-0.2, 0) is 65.4 Å². The third-order valence-corrected chi connectivity index (χ3v) is 20.0. The average Bonchev–Trinajstić information content (AvgIpc) is 1.37. The van der Waals surface area contributed by atoms with Crippen molar-refractivity contribution < 1.29 is 80.2 Å². The van der Waals surface area contributed by atoms with E-state index in [2.05, 4.69) is 27.7 Å². The van der Waals surface area contributed by atoms with Crippen molar-refractivity contribution in [1.29, 1.82) is 0 Å². The summed E-state index contributed by atoms with van der Waals surface area (Å²) < 4.78 is 68.6. The monoisotopic (exact) mass is 1410 g/mol. The van der Waals surface area contributed by atoms with Gasteiger partial charge in [0.05, 0.1) is 26.4 Å². The SMILES string of the molecule is CCCCCCCCCCCCCCCCCCC(=O)O[C@H](COC(=O)CCCCCCCCCCCCCCCCC)COP(=O)(O)OC[C@@H](O)COP(=O)(O)OC[C@@H](COC(=O)CCCCCCCCCCCC)OC(=O)CCCCCCCCCCCCCCCCC. The molecule has 0 fully saturated rings. The van der Waals surface area contributed by atoms with Gasteiger partial charge in [0.15, 0.2) is 12.2 Å². The van der Waals surface area contributed by atoms with Gasteiger partial charge in [-0.15, -0.1) is 0 Å². The van der Waals surface area contributed by atoms with Crippen LogP contribution in [0.3, 0.4) is 0 Å². The van der Waals surface area contributed by atoms with E-state index < -0.39 is 97.5 Å². The van der Waals surface area contributed by atoms with Crippen LogP contribution in [0.25, 0.3) is 0 Å². The van der Waals surface area contributed by atoms with Crippen molar-refractivity contribution in [3.63, 3.8) is 0 Å². The first-order chi connectivity index (χ1) is 46.7. The average molecular weight is 1410 g/mol. The van der Waals surface area contributed by atoms with Crippen molar-refractivity contribution in [3.8, 4) is 0 Å². The molecule has 0 amide bonds. The van der Waals surface area contributed by atoms with Gasteiger partial charge in [0, 0.05) is 25.7 Å². The number of aliphatic hydroxyl groups is 1. The van der Waals surface area contributed by atoms with Gasteiger partial charge in [0.1, 0.15) is 19.3 Å². The number of unbranched alkanes of at least 4 members (excludes halogenated alkanes) is 52. The van der Waals surface area contributed by atoms with E-state index >= 15 is 0 Å². The number of hydrogen-bond donors (Lipinski definition) is 3. The molecule has 0 aliphatic carbocycles. The molecule has 0 aromatic heterocycles. The highest BCUT2D eigenvalue weighted by Crippen LogP contribution is 2.45. The Balaban J connectivity index is 5.24. The molecule has 2 unspecified atom stereocenters. The summed E-state index contributed by atoms with van der Waals surface area (Å²) in [7, 11) is -9.91. The largest absolute Gasteiger partial charge is 0.472 e. The predicted molar refractivity (Wildman–Crippen MR) is 391 cm³/mol. The number of esters is 4. The van der Waals surface area contributed by atoms with Gasteiger partial charge in [-0.1, -0.05) is 362 Å². The van der Waals surface area contributed by atoms with Crippen LogP contribution in [0.4, 0.5) is 0 Å². The van der Waals surface area contributed by atoms with E-state index in [1.165, 1.54) is 244 Å². The van der Waals surface area contributed by atoms with Gasteiger partial charge in [-0.25, -0.2) is 9.13 Å². The van der Waals surface area contributed by atoms with Crippen molar-refractivity contribution in [2.75, 3.05) is 39.6 Å². The highest BCUT2D eigenvalue weighted by atomic mass is 31.2. The summed E-state index contributed by atoms with van der Waals surface area (Å²) in [5.41, 5.74) is 0. The lowest BCUT2D eigenvalue weighted by Crippen LogP contribution is -2.30. The van der Waals surface area contributed by atoms with Crippen LogP contribution in [0.1, 0.15) is 413 Å². The molecular formula is C77H150O17P2. The Morgan fingerprint density at radius 2 is 0.417 bits per heavy atom. The van der Waals surface area contributed by atoms with Crippen LogP contribution in [0.15, 0.2) is 0 Å². The Bertz CT molecular complexity index is 1830. The van der Waals surface area contributed by atoms with Gasteiger partial charge in [0.25, 0.3) is 0 Å². The molecule has 96 heavy (non-hydrogen) atoms. The molecule has 0 aliphatic rings. The summed E-state index contributed by atoms with van der Waals surface area (Å²) >= 11 is 0. The summed E-state index contributed by atoms with van der Waals surface area (Å²) in [6.07, 6.45) is 62.2. The Labute approximate surface area is 588 Å². The van der Waals surface area contributed by atoms with E-state index in [1.807, 2.05) is 0 Å². The Kier molecular flexibility index (Phi) is 70.0. The first-order valence-electron chi connectivity index (χ1n) is 40.3. The summed E-state index contributed by atoms with van der Waals surface area (Å²) in [6.45, 7) is 5.00. The Morgan fingerprint density at radius 1 is 0.250 bits per heavy atom. The van der Waals surface area contributed by atoms with E-state index in [0.29, 0.717) is 25.7 Å². The predicted octanol–water partition coefficient (Wildman–Crippen LogP) is 23.0. The Hall–Kier alpha value is -1.94. The molecule has 0 bridgehead atoms. The summed E-state index contributed by atoms with van der Waals surface area (Å²) in [6, 6.07) is 0. The second-order valence-electron chi connectivity index (χ2n) is 27.7. The molecule has 5 atom stereocenters. The fourth-order valence-corrected chi connectivity index (χ4v) is 13.5. The molecule has 3 N–H and O–H groups in total. The topological polar surface area (TPSA) is 237 Å². The fraction of sp³-hybridized carbons (Fsp3) is 0.948. The van der Waals surface area contributed by atoms with Gasteiger partial charge >= 0.3 is 39.5 Å². The Morgan fingerprint density at radius 3 is 0.615 bits per heavy atom. The first-order valence-corrected chi connectivity index (χ1v) is 43.3. The lowest BCUT2D eigenvalue weighted by Gasteiger charge is -2.21. The lowest BCUT2D eigenvalue weighted by molar-refractivity contribution is -0.161. The van der Waals surface area contributed by atoms with Crippen molar-refractivity contribution in [2.45, 2.75) is 431 Å². The minimum Gasteiger partial charge on any atom is -0.462 e. The third-order valence-electron chi connectivity index (χ3n) is 18.1. The number of aliphatic hydroxyl groups excluding tert-OH is 1. The zero-order valence-corrected chi connectivity index (χ0v) is 64.1. The van der Waals surface area contributed by atoms with E-state index in [0.717, 1.165) is 89.9 Å². The number of phosphoric acid groups is 2. The number of carbonyl (C=O) groups is 4. The molecule has 570 valence electrons. The molecule has 0 aromatic rings. The number of phosphoric ester groups is 2. The highest BCUT2D eigenvalue weighted by Gasteiger charge is 2.30. The summed E-state index contributed by atoms with van der Waals surface area (Å²) in [4.78, 5) is 72.9. The lowest BCUT2D eigenvalue weighted by atomic mass is 10.0. The van der Waals surface area contributed by atoms with Gasteiger partial charge in [-0.05, 0) is 25.7 Å². The third kappa shape index (κ3) is 70.5. The number of hydrogen-bond acceptors (Lipinski definition) is 15. The fourth-order valence-electron chi connectivity index (χ4n) is 11.9. The molecule has 0 spiro atoms. The molecule has 0 saturated carbocycles. The second kappa shape index (κ2) is 71.5. The number of ether oxygens (including phenoxy) is 4. The molecule has 0 aliphatic heterocycles. The first kappa shape index (κ1) is 94.1. The van der Waals surface area contributed by atoms with Crippen LogP contribution in [0.2, 0.25) is 0 Å². The van der Waals surface area contributed by atoms with Gasteiger partial charge in [0.2, 0.25) is 0 Å². The molecule has 0 aromatic carbocycles. The van der Waals surface area contributed by atoms with Gasteiger partial charge in [-0.2, -0.15) is 0 Å². The molecule has 17 nitrogen and oxygen atoms in total. The minimum absolute atomic E-state index is 0.109. The maximum Gasteiger partial charge on any atom is 0.472 e. The zero-order valence-electron chi connectivity index (χ0n) is 62.4. The maximum atomic E-state index is 13.1. The van der Waals surface area contributed by atoms with Crippen LogP contribution in [0, 0.1) is 0 Å².